The van der Waals surface area contributed by atoms with Gasteiger partial charge >= 0.3 is 6.03 Å². The van der Waals surface area contributed by atoms with Gasteiger partial charge in [-0.15, -0.1) is 0 Å². The highest BCUT2D eigenvalue weighted by atomic mass is 16.3. The molecule has 0 saturated carbocycles. The third kappa shape index (κ3) is 4.58. The molecule has 0 aliphatic rings. The topological polar surface area (TPSA) is 79.2 Å². The molecule has 24 heavy (non-hydrogen) atoms. The summed E-state index contributed by atoms with van der Waals surface area (Å²) in [5.41, 5.74) is 4.18. The fraction of sp³-hybridized carbons (Fsp3) is 0.444. The van der Waals surface area contributed by atoms with Gasteiger partial charge in [-0.25, -0.2) is 4.79 Å². The summed E-state index contributed by atoms with van der Waals surface area (Å²) in [5.74, 6) is 0. The van der Waals surface area contributed by atoms with Crippen LogP contribution in [0.2, 0.25) is 0 Å². The van der Waals surface area contributed by atoms with Gasteiger partial charge in [-0.2, -0.15) is 5.10 Å². The van der Waals surface area contributed by atoms with E-state index in [-0.39, 0.29) is 18.7 Å². The average Bonchev–Trinajstić information content (AvgIpc) is 2.85. The summed E-state index contributed by atoms with van der Waals surface area (Å²) in [4.78, 5) is 11.9. The lowest BCUT2D eigenvalue weighted by Crippen LogP contribution is -2.43. The summed E-state index contributed by atoms with van der Waals surface area (Å²) in [6, 6.07) is 9.68. The number of nitrogens with zero attached hydrogens (tertiary/aromatic N) is 2. The summed E-state index contributed by atoms with van der Waals surface area (Å²) in [6.45, 7) is 6.95. The van der Waals surface area contributed by atoms with Crippen LogP contribution in [0.25, 0.3) is 0 Å². The maximum atomic E-state index is 11.9. The standard InChI is InChI=1S/C18H26N4O2/c1-4-16(12-23)20-18(24)19-10-17-13(2)21-22(14(17)3)11-15-8-6-5-7-9-15/h5-9,16,23H,4,10-12H2,1-3H3,(H2,19,20,24). The first-order valence-corrected chi connectivity index (χ1v) is 8.27. The van der Waals surface area contributed by atoms with Crippen LogP contribution in [0, 0.1) is 13.8 Å². The van der Waals surface area contributed by atoms with E-state index in [2.05, 4.69) is 27.9 Å². The highest BCUT2D eigenvalue weighted by Gasteiger charge is 2.14. The van der Waals surface area contributed by atoms with E-state index in [1.54, 1.807) is 0 Å². The Morgan fingerprint density at radius 2 is 2.00 bits per heavy atom. The van der Waals surface area contributed by atoms with E-state index >= 15 is 0 Å². The normalized spacial score (nSPS) is 12.0. The number of carbonyl (C=O) groups is 1. The highest BCUT2D eigenvalue weighted by Crippen LogP contribution is 2.14. The molecule has 130 valence electrons. The largest absolute Gasteiger partial charge is 0.394 e. The Kier molecular flexibility index (Phi) is 6.37. The number of urea groups is 1. The van der Waals surface area contributed by atoms with E-state index in [0.29, 0.717) is 19.5 Å². The number of hydrogen-bond donors (Lipinski definition) is 3. The molecule has 1 unspecified atom stereocenters. The summed E-state index contributed by atoms with van der Waals surface area (Å²) < 4.78 is 1.96. The van der Waals surface area contributed by atoms with Crippen LogP contribution in [0.3, 0.4) is 0 Å². The van der Waals surface area contributed by atoms with Gasteiger partial charge < -0.3 is 15.7 Å². The first-order chi connectivity index (χ1) is 11.5. The SMILES string of the molecule is CCC(CO)NC(=O)NCc1c(C)nn(Cc2ccccc2)c1C. The molecule has 0 aliphatic heterocycles. The Bertz CT molecular complexity index is 663. The summed E-state index contributed by atoms with van der Waals surface area (Å²) in [6.07, 6.45) is 0.691. The molecule has 0 bridgehead atoms. The number of hydrogen-bond acceptors (Lipinski definition) is 3. The number of aryl methyl sites for hydroxylation is 1. The van der Waals surface area contributed by atoms with E-state index in [4.69, 9.17) is 5.11 Å². The number of benzene rings is 1. The van der Waals surface area contributed by atoms with Gasteiger partial charge in [0.05, 0.1) is 24.9 Å². The molecule has 0 fully saturated rings. The van der Waals surface area contributed by atoms with E-state index in [0.717, 1.165) is 17.0 Å². The van der Waals surface area contributed by atoms with Crippen molar-refractivity contribution in [2.24, 2.45) is 0 Å². The van der Waals surface area contributed by atoms with Crippen molar-refractivity contribution in [3.63, 3.8) is 0 Å². The molecule has 0 radical (unpaired) electrons. The van der Waals surface area contributed by atoms with Crippen LogP contribution in [0.4, 0.5) is 4.79 Å². The van der Waals surface area contributed by atoms with Crippen LogP contribution < -0.4 is 10.6 Å². The molecule has 0 saturated heterocycles. The molecule has 2 amide bonds. The maximum absolute atomic E-state index is 11.9. The number of aliphatic hydroxyl groups excluding tert-OH is 1. The van der Waals surface area contributed by atoms with Crippen LogP contribution in [0.1, 0.15) is 35.9 Å². The van der Waals surface area contributed by atoms with E-state index in [1.165, 1.54) is 5.56 Å². The quantitative estimate of drug-likeness (QED) is 0.727. The fourth-order valence-electron chi connectivity index (χ4n) is 2.58. The van der Waals surface area contributed by atoms with E-state index in [9.17, 15) is 4.79 Å². The zero-order chi connectivity index (χ0) is 17.5. The molecule has 0 aliphatic carbocycles. The lowest BCUT2D eigenvalue weighted by atomic mass is 10.2. The molecule has 1 heterocycles. The molecule has 6 nitrogen and oxygen atoms in total. The Balaban J connectivity index is 2.00. The maximum Gasteiger partial charge on any atom is 0.315 e. The number of rotatable bonds is 7. The predicted octanol–water partition coefficient (Wildman–Crippen LogP) is 2.12. The molecule has 3 N–H and O–H groups in total. The zero-order valence-corrected chi connectivity index (χ0v) is 14.5. The number of amides is 2. The lowest BCUT2D eigenvalue weighted by Gasteiger charge is -2.14. The Morgan fingerprint density at radius 1 is 1.29 bits per heavy atom. The van der Waals surface area contributed by atoms with Gasteiger partial charge in [0.2, 0.25) is 0 Å². The van der Waals surface area contributed by atoms with Crippen LogP contribution >= 0.6 is 0 Å². The summed E-state index contributed by atoms with van der Waals surface area (Å²) >= 11 is 0. The third-order valence-electron chi connectivity index (χ3n) is 4.18. The highest BCUT2D eigenvalue weighted by molar-refractivity contribution is 5.74. The molecule has 1 aromatic carbocycles. The smallest absolute Gasteiger partial charge is 0.315 e. The van der Waals surface area contributed by atoms with Crippen molar-refractivity contribution in [2.75, 3.05) is 6.61 Å². The van der Waals surface area contributed by atoms with Crippen molar-refractivity contribution < 1.29 is 9.90 Å². The average molecular weight is 330 g/mol. The number of aliphatic hydroxyl groups is 1. The van der Waals surface area contributed by atoms with Crippen molar-refractivity contribution in [3.8, 4) is 0 Å². The number of nitrogens with one attached hydrogen (secondary N) is 2. The third-order valence-corrected chi connectivity index (χ3v) is 4.18. The van der Waals surface area contributed by atoms with Gasteiger partial charge in [-0.3, -0.25) is 4.68 Å². The first kappa shape index (κ1) is 18.0. The van der Waals surface area contributed by atoms with Gasteiger partial charge in [0, 0.05) is 17.8 Å². The second kappa shape index (κ2) is 8.49. The Hall–Kier alpha value is -2.34. The molecule has 0 spiro atoms. The van der Waals surface area contributed by atoms with Gasteiger partial charge in [-0.1, -0.05) is 37.3 Å². The first-order valence-electron chi connectivity index (χ1n) is 8.27. The van der Waals surface area contributed by atoms with Crippen LogP contribution in [0.5, 0.6) is 0 Å². The van der Waals surface area contributed by atoms with Crippen LogP contribution in [-0.2, 0) is 13.1 Å². The monoisotopic (exact) mass is 330 g/mol. The fourth-order valence-corrected chi connectivity index (χ4v) is 2.58. The second-order valence-electron chi connectivity index (χ2n) is 5.91. The van der Waals surface area contributed by atoms with Crippen LogP contribution in [-0.4, -0.2) is 33.6 Å². The molecule has 6 heteroatoms. The number of carbonyl (C=O) groups excluding carboxylic acids is 1. The van der Waals surface area contributed by atoms with Crippen molar-refractivity contribution in [3.05, 3.63) is 52.8 Å². The molecular weight excluding hydrogens is 304 g/mol. The predicted molar refractivity (Wildman–Crippen MR) is 93.8 cm³/mol. The van der Waals surface area contributed by atoms with Crippen LogP contribution in [0.15, 0.2) is 30.3 Å². The van der Waals surface area contributed by atoms with Crippen molar-refractivity contribution >= 4 is 6.03 Å². The molecule has 1 atom stereocenters. The lowest BCUT2D eigenvalue weighted by molar-refractivity contribution is 0.214. The van der Waals surface area contributed by atoms with Gasteiger partial charge in [0.15, 0.2) is 0 Å². The minimum Gasteiger partial charge on any atom is -0.394 e. The van der Waals surface area contributed by atoms with Gasteiger partial charge in [0.25, 0.3) is 0 Å². The molecule has 2 aromatic rings. The summed E-state index contributed by atoms with van der Waals surface area (Å²) in [5, 5.41) is 19.3. The van der Waals surface area contributed by atoms with E-state index in [1.807, 2.05) is 43.7 Å². The van der Waals surface area contributed by atoms with Crippen molar-refractivity contribution in [1.82, 2.24) is 20.4 Å². The van der Waals surface area contributed by atoms with Gasteiger partial charge in [-0.05, 0) is 25.8 Å². The minimum absolute atomic E-state index is 0.0585. The molecular formula is C18H26N4O2. The molecule has 1 aromatic heterocycles. The van der Waals surface area contributed by atoms with Gasteiger partial charge in [0.1, 0.15) is 0 Å². The van der Waals surface area contributed by atoms with Crippen molar-refractivity contribution in [1.29, 1.82) is 0 Å². The summed E-state index contributed by atoms with van der Waals surface area (Å²) in [7, 11) is 0. The Morgan fingerprint density at radius 3 is 2.62 bits per heavy atom. The number of aromatic nitrogens is 2. The van der Waals surface area contributed by atoms with E-state index < -0.39 is 0 Å². The van der Waals surface area contributed by atoms with Crippen molar-refractivity contribution in [2.45, 2.75) is 46.3 Å². The Labute approximate surface area is 142 Å². The molecule has 2 rings (SSSR count). The minimum atomic E-state index is -0.273. The second-order valence-corrected chi connectivity index (χ2v) is 5.91. The zero-order valence-electron chi connectivity index (χ0n) is 14.5.